The molecule has 2 N–H and O–H groups in total. The fourth-order valence-corrected chi connectivity index (χ4v) is 1.67. The van der Waals surface area contributed by atoms with Crippen molar-refractivity contribution in [3.05, 3.63) is 17.5 Å². The summed E-state index contributed by atoms with van der Waals surface area (Å²) in [6.07, 6.45) is 0. The second kappa shape index (κ2) is 5.88. The fraction of sp³-hybridized carbons (Fsp3) is 0.727. The van der Waals surface area contributed by atoms with Crippen LogP contribution in [0.4, 0.5) is 0 Å². The quantitative estimate of drug-likeness (QED) is 0.733. The molecule has 86 valence electrons. The molecule has 0 saturated heterocycles. The van der Waals surface area contributed by atoms with Gasteiger partial charge in [0.15, 0.2) is 0 Å². The molecule has 4 nitrogen and oxygen atoms in total. The SMILES string of the molecule is CCn1nc(C)cc1CNC(C)CNC. The van der Waals surface area contributed by atoms with Crippen molar-refractivity contribution in [1.82, 2.24) is 20.4 Å². The molecule has 0 spiro atoms. The van der Waals surface area contributed by atoms with E-state index in [1.54, 1.807) is 0 Å². The molecule has 1 heterocycles. The van der Waals surface area contributed by atoms with Gasteiger partial charge in [-0.2, -0.15) is 5.10 Å². The summed E-state index contributed by atoms with van der Waals surface area (Å²) in [5, 5.41) is 11.0. The van der Waals surface area contributed by atoms with Crippen LogP contribution in [-0.2, 0) is 13.1 Å². The van der Waals surface area contributed by atoms with Gasteiger partial charge in [0.05, 0.1) is 11.4 Å². The van der Waals surface area contributed by atoms with E-state index in [4.69, 9.17) is 0 Å². The maximum absolute atomic E-state index is 4.41. The Morgan fingerprint density at radius 2 is 2.27 bits per heavy atom. The van der Waals surface area contributed by atoms with Gasteiger partial charge in [-0.1, -0.05) is 0 Å². The Labute approximate surface area is 92.1 Å². The molecular formula is C11H22N4. The zero-order chi connectivity index (χ0) is 11.3. The Morgan fingerprint density at radius 3 is 2.87 bits per heavy atom. The van der Waals surface area contributed by atoms with Crippen LogP contribution in [0.25, 0.3) is 0 Å². The van der Waals surface area contributed by atoms with E-state index in [1.165, 1.54) is 5.69 Å². The van der Waals surface area contributed by atoms with E-state index in [1.807, 2.05) is 14.0 Å². The highest BCUT2D eigenvalue weighted by atomic mass is 15.3. The molecular weight excluding hydrogens is 188 g/mol. The molecule has 1 aromatic heterocycles. The van der Waals surface area contributed by atoms with E-state index in [0.29, 0.717) is 6.04 Å². The van der Waals surface area contributed by atoms with Crippen LogP contribution in [0.2, 0.25) is 0 Å². The lowest BCUT2D eigenvalue weighted by atomic mass is 10.3. The van der Waals surface area contributed by atoms with Crippen molar-refractivity contribution in [2.45, 2.75) is 39.9 Å². The van der Waals surface area contributed by atoms with Crippen molar-refractivity contribution < 1.29 is 0 Å². The summed E-state index contributed by atoms with van der Waals surface area (Å²) in [5.74, 6) is 0. The summed E-state index contributed by atoms with van der Waals surface area (Å²) in [6.45, 7) is 9.14. The van der Waals surface area contributed by atoms with Gasteiger partial charge < -0.3 is 10.6 Å². The lowest BCUT2D eigenvalue weighted by Crippen LogP contribution is -2.34. The maximum atomic E-state index is 4.41. The highest BCUT2D eigenvalue weighted by Crippen LogP contribution is 2.03. The van der Waals surface area contributed by atoms with Crippen molar-refractivity contribution in [3.8, 4) is 0 Å². The van der Waals surface area contributed by atoms with E-state index in [0.717, 1.165) is 25.3 Å². The molecule has 0 aliphatic heterocycles. The summed E-state index contributed by atoms with van der Waals surface area (Å²) in [4.78, 5) is 0. The minimum atomic E-state index is 0.482. The number of rotatable bonds is 6. The van der Waals surface area contributed by atoms with E-state index in [-0.39, 0.29) is 0 Å². The first-order valence-electron chi connectivity index (χ1n) is 5.58. The first kappa shape index (κ1) is 12.2. The first-order valence-corrected chi connectivity index (χ1v) is 5.58. The third-order valence-electron chi connectivity index (χ3n) is 2.43. The predicted octanol–water partition coefficient (Wildman–Crippen LogP) is 0.909. The van der Waals surface area contributed by atoms with Crippen LogP contribution in [-0.4, -0.2) is 29.4 Å². The molecule has 0 bridgehead atoms. The van der Waals surface area contributed by atoms with E-state index >= 15 is 0 Å². The van der Waals surface area contributed by atoms with Crippen molar-refractivity contribution in [2.24, 2.45) is 0 Å². The number of aromatic nitrogens is 2. The van der Waals surface area contributed by atoms with E-state index in [9.17, 15) is 0 Å². The largest absolute Gasteiger partial charge is 0.318 e. The Balaban J connectivity index is 2.49. The van der Waals surface area contributed by atoms with E-state index < -0.39 is 0 Å². The molecule has 0 aliphatic carbocycles. The van der Waals surface area contributed by atoms with Gasteiger partial charge in [-0.3, -0.25) is 4.68 Å². The normalized spacial score (nSPS) is 13.1. The molecule has 1 atom stereocenters. The first-order chi connectivity index (χ1) is 7.17. The van der Waals surface area contributed by atoms with Crippen molar-refractivity contribution in [2.75, 3.05) is 13.6 Å². The Hall–Kier alpha value is -0.870. The highest BCUT2D eigenvalue weighted by Gasteiger charge is 2.05. The average Bonchev–Trinajstić information content (AvgIpc) is 2.56. The van der Waals surface area contributed by atoms with Gasteiger partial charge in [0, 0.05) is 25.7 Å². The van der Waals surface area contributed by atoms with Crippen molar-refractivity contribution >= 4 is 0 Å². The van der Waals surface area contributed by atoms with Crippen molar-refractivity contribution in [3.63, 3.8) is 0 Å². The highest BCUT2D eigenvalue weighted by molar-refractivity contribution is 5.08. The summed E-state index contributed by atoms with van der Waals surface area (Å²) >= 11 is 0. The maximum Gasteiger partial charge on any atom is 0.0597 e. The molecule has 4 heteroatoms. The molecule has 0 fully saturated rings. The number of likely N-dealkylation sites (N-methyl/N-ethyl adjacent to an activating group) is 1. The summed E-state index contributed by atoms with van der Waals surface area (Å²) in [6, 6.07) is 2.62. The molecule has 0 saturated carbocycles. The number of aryl methyl sites for hydroxylation is 2. The lowest BCUT2D eigenvalue weighted by Gasteiger charge is -2.13. The zero-order valence-electron chi connectivity index (χ0n) is 10.2. The summed E-state index contributed by atoms with van der Waals surface area (Å²) in [7, 11) is 1.97. The topological polar surface area (TPSA) is 41.9 Å². The summed E-state index contributed by atoms with van der Waals surface area (Å²) in [5.41, 5.74) is 2.35. The summed E-state index contributed by atoms with van der Waals surface area (Å²) < 4.78 is 2.05. The molecule has 1 aromatic rings. The minimum absolute atomic E-state index is 0.482. The molecule has 15 heavy (non-hydrogen) atoms. The number of nitrogens with zero attached hydrogens (tertiary/aromatic N) is 2. The molecule has 0 aliphatic rings. The van der Waals surface area contributed by atoms with Crippen molar-refractivity contribution in [1.29, 1.82) is 0 Å². The molecule has 1 rings (SSSR count). The van der Waals surface area contributed by atoms with Crippen LogP contribution < -0.4 is 10.6 Å². The van der Waals surface area contributed by atoms with Gasteiger partial charge in [0.25, 0.3) is 0 Å². The predicted molar refractivity (Wildman–Crippen MR) is 62.9 cm³/mol. The third-order valence-corrected chi connectivity index (χ3v) is 2.43. The second-order valence-electron chi connectivity index (χ2n) is 3.93. The zero-order valence-corrected chi connectivity index (χ0v) is 10.2. The number of hydrogen-bond acceptors (Lipinski definition) is 3. The average molecular weight is 210 g/mol. The van der Waals surface area contributed by atoms with Gasteiger partial charge in [0.1, 0.15) is 0 Å². The monoisotopic (exact) mass is 210 g/mol. The molecule has 0 aromatic carbocycles. The van der Waals surface area contributed by atoms with Crippen LogP contribution in [0.15, 0.2) is 6.07 Å². The van der Waals surface area contributed by atoms with Gasteiger partial charge in [-0.15, -0.1) is 0 Å². The van der Waals surface area contributed by atoms with Gasteiger partial charge in [-0.05, 0) is 33.9 Å². The standard InChI is InChI=1S/C11H22N4/c1-5-15-11(6-9(2)14-15)8-13-10(3)7-12-4/h6,10,12-13H,5,7-8H2,1-4H3. The van der Waals surface area contributed by atoms with Gasteiger partial charge in [-0.25, -0.2) is 0 Å². The number of hydrogen-bond donors (Lipinski definition) is 2. The van der Waals surface area contributed by atoms with Crippen LogP contribution >= 0.6 is 0 Å². The Bertz CT molecular complexity index is 293. The van der Waals surface area contributed by atoms with Crippen LogP contribution in [0.5, 0.6) is 0 Å². The Morgan fingerprint density at radius 1 is 1.53 bits per heavy atom. The molecule has 0 amide bonds. The van der Waals surface area contributed by atoms with Crippen LogP contribution in [0, 0.1) is 6.92 Å². The van der Waals surface area contributed by atoms with Gasteiger partial charge >= 0.3 is 0 Å². The Kier molecular flexibility index (Phi) is 4.78. The fourth-order valence-electron chi connectivity index (χ4n) is 1.67. The minimum Gasteiger partial charge on any atom is -0.318 e. The lowest BCUT2D eigenvalue weighted by molar-refractivity contribution is 0.499. The van der Waals surface area contributed by atoms with Crippen LogP contribution in [0.1, 0.15) is 25.2 Å². The van der Waals surface area contributed by atoms with E-state index in [2.05, 4.69) is 40.3 Å². The second-order valence-corrected chi connectivity index (χ2v) is 3.93. The van der Waals surface area contributed by atoms with Gasteiger partial charge in [0.2, 0.25) is 0 Å². The molecule has 1 unspecified atom stereocenters. The van der Waals surface area contributed by atoms with Crippen LogP contribution in [0.3, 0.4) is 0 Å². The number of nitrogens with one attached hydrogen (secondary N) is 2. The smallest absolute Gasteiger partial charge is 0.0597 e. The molecule has 0 radical (unpaired) electrons. The third kappa shape index (κ3) is 3.64.